The van der Waals surface area contributed by atoms with Gasteiger partial charge in [0.15, 0.2) is 0 Å². The molecule has 1 aliphatic carbocycles. The number of rotatable bonds is 5. The third kappa shape index (κ3) is 2.98. The van der Waals surface area contributed by atoms with E-state index < -0.39 is 10.0 Å². The number of aryl methyl sites for hydroxylation is 3. The highest BCUT2D eigenvalue weighted by Gasteiger charge is 2.32. The molecule has 0 aliphatic heterocycles. The lowest BCUT2D eigenvalue weighted by Gasteiger charge is -2.08. The van der Waals surface area contributed by atoms with Crippen LogP contribution in [0.25, 0.3) is 0 Å². The normalized spacial score (nSPS) is 15.3. The van der Waals surface area contributed by atoms with E-state index in [0.717, 1.165) is 19.3 Å². The molecular formula is C14H18N4O2S. The molecule has 0 bridgehead atoms. The van der Waals surface area contributed by atoms with E-state index in [-0.39, 0.29) is 11.2 Å². The van der Waals surface area contributed by atoms with Crippen LogP contribution < -0.4 is 5.14 Å². The summed E-state index contributed by atoms with van der Waals surface area (Å²) in [5.74, 6) is 0.699. The Morgan fingerprint density at radius 3 is 2.57 bits per heavy atom. The summed E-state index contributed by atoms with van der Waals surface area (Å²) in [6, 6.07) is 8.33. The number of hydrogen-bond acceptors (Lipinski definition) is 4. The van der Waals surface area contributed by atoms with Crippen LogP contribution in [0.3, 0.4) is 0 Å². The van der Waals surface area contributed by atoms with Crippen LogP contribution in [0, 0.1) is 6.92 Å². The molecule has 7 heteroatoms. The Morgan fingerprint density at radius 2 is 1.95 bits per heavy atom. The van der Waals surface area contributed by atoms with Crippen LogP contribution >= 0.6 is 0 Å². The average molecular weight is 306 g/mol. The van der Waals surface area contributed by atoms with Gasteiger partial charge in [-0.2, -0.15) is 0 Å². The number of benzene rings is 1. The van der Waals surface area contributed by atoms with Crippen molar-refractivity contribution in [2.45, 2.75) is 43.8 Å². The number of hydrogen-bond donors (Lipinski definition) is 1. The van der Waals surface area contributed by atoms with Gasteiger partial charge in [0.05, 0.1) is 0 Å². The molecule has 6 nitrogen and oxygen atoms in total. The second kappa shape index (κ2) is 5.23. The molecule has 112 valence electrons. The lowest BCUT2D eigenvalue weighted by atomic mass is 10.0. The van der Waals surface area contributed by atoms with E-state index in [1.165, 1.54) is 11.1 Å². The molecule has 3 rings (SSSR count). The van der Waals surface area contributed by atoms with E-state index in [2.05, 4.69) is 29.3 Å². The predicted octanol–water partition coefficient (Wildman–Crippen LogP) is 1.35. The van der Waals surface area contributed by atoms with Crippen LogP contribution in [0.15, 0.2) is 29.4 Å². The fourth-order valence-electron chi connectivity index (χ4n) is 2.51. The summed E-state index contributed by atoms with van der Waals surface area (Å²) in [5, 5.41) is 12.9. The molecule has 0 unspecified atom stereocenters. The highest BCUT2D eigenvalue weighted by molar-refractivity contribution is 7.89. The second-order valence-electron chi connectivity index (χ2n) is 5.47. The maximum Gasteiger partial charge on any atom is 0.273 e. The summed E-state index contributed by atoms with van der Waals surface area (Å²) in [4.78, 5) is 0. The molecular weight excluding hydrogens is 288 g/mol. The standard InChI is InChI=1S/C14H18N4O2S/c1-10-4-2-3-5-11(10)6-9-13-16-17-14(21(15,19)20)18(13)12-7-8-12/h2-5,12H,6-9H2,1H3,(H2,15,19,20). The van der Waals surface area contributed by atoms with E-state index in [0.29, 0.717) is 12.2 Å². The van der Waals surface area contributed by atoms with Gasteiger partial charge in [0.2, 0.25) is 0 Å². The van der Waals surface area contributed by atoms with Crippen LogP contribution in [0.1, 0.15) is 35.8 Å². The Balaban J connectivity index is 1.86. The minimum Gasteiger partial charge on any atom is -0.298 e. The van der Waals surface area contributed by atoms with Gasteiger partial charge in [0, 0.05) is 12.5 Å². The third-order valence-electron chi connectivity index (χ3n) is 3.78. The summed E-state index contributed by atoms with van der Waals surface area (Å²) >= 11 is 0. The molecule has 0 saturated heterocycles. The average Bonchev–Trinajstić information content (AvgIpc) is 3.16. The zero-order chi connectivity index (χ0) is 15.0. The third-order valence-corrected chi connectivity index (χ3v) is 4.57. The SMILES string of the molecule is Cc1ccccc1CCc1nnc(S(N)(=O)=O)n1C1CC1. The first-order chi connectivity index (χ1) is 9.97. The predicted molar refractivity (Wildman–Crippen MR) is 78.3 cm³/mol. The Kier molecular flexibility index (Phi) is 3.54. The smallest absolute Gasteiger partial charge is 0.273 e. The van der Waals surface area contributed by atoms with E-state index in [1.807, 2.05) is 12.1 Å². The van der Waals surface area contributed by atoms with Crippen molar-refractivity contribution >= 4 is 10.0 Å². The fourth-order valence-corrected chi connectivity index (χ4v) is 3.19. The molecule has 21 heavy (non-hydrogen) atoms. The van der Waals surface area contributed by atoms with Gasteiger partial charge in [-0.25, -0.2) is 13.6 Å². The summed E-state index contributed by atoms with van der Waals surface area (Å²) in [7, 11) is -3.82. The number of primary sulfonamides is 1. The molecule has 1 aromatic carbocycles. The Bertz CT molecular complexity index is 763. The highest BCUT2D eigenvalue weighted by atomic mass is 32.2. The maximum atomic E-state index is 11.6. The summed E-state index contributed by atoms with van der Waals surface area (Å²) < 4.78 is 24.9. The van der Waals surface area contributed by atoms with Crippen molar-refractivity contribution in [3.63, 3.8) is 0 Å². The minimum atomic E-state index is -3.82. The van der Waals surface area contributed by atoms with Gasteiger partial charge in [-0.3, -0.25) is 4.57 Å². The lowest BCUT2D eigenvalue weighted by molar-refractivity contribution is 0.558. The van der Waals surface area contributed by atoms with Crippen molar-refractivity contribution in [3.8, 4) is 0 Å². The van der Waals surface area contributed by atoms with Crippen LogP contribution in [0.2, 0.25) is 0 Å². The molecule has 2 N–H and O–H groups in total. The zero-order valence-electron chi connectivity index (χ0n) is 11.9. The largest absolute Gasteiger partial charge is 0.298 e. The van der Waals surface area contributed by atoms with Crippen molar-refractivity contribution < 1.29 is 8.42 Å². The minimum absolute atomic E-state index is 0.107. The Morgan fingerprint density at radius 1 is 1.24 bits per heavy atom. The monoisotopic (exact) mass is 306 g/mol. The highest BCUT2D eigenvalue weighted by Crippen LogP contribution is 2.37. The topological polar surface area (TPSA) is 90.9 Å². The summed E-state index contributed by atoms with van der Waals surface area (Å²) in [6.07, 6.45) is 3.38. The number of aromatic nitrogens is 3. The van der Waals surface area contributed by atoms with Crippen molar-refractivity contribution in [1.82, 2.24) is 14.8 Å². The first kappa shape index (κ1) is 14.2. The molecule has 1 aromatic heterocycles. The van der Waals surface area contributed by atoms with Crippen LogP contribution in [0.5, 0.6) is 0 Å². The first-order valence-electron chi connectivity index (χ1n) is 6.98. The van der Waals surface area contributed by atoms with Crippen molar-refractivity contribution in [3.05, 3.63) is 41.2 Å². The second-order valence-corrected chi connectivity index (χ2v) is 6.93. The number of nitrogens with two attached hydrogens (primary N) is 1. The van der Waals surface area contributed by atoms with Crippen molar-refractivity contribution in [1.29, 1.82) is 0 Å². The van der Waals surface area contributed by atoms with E-state index in [9.17, 15) is 8.42 Å². The van der Waals surface area contributed by atoms with Gasteiger partial charge >= 0.3 is 0 Å². The van der Waals surface area contributed by atoms with E-state index in [1.54, 1.807) is 4.57 Å². The van der Waals surface area contributed by atoms with Gasteiger partial charge in [0.25, 0.3) is 15.2 Å². The van der Waals surface area contributed by atoms with Gasteiger partial charge < -0.3 is 0 Å². The number of nitrogens with zero attached hydrogens (tertiary/aromatic N) is 3. The quantitative estimate of drug-likeness (QED) is 0.902. The lowest BCUT2D eigenvalue weighted by Crippen LogP contribution is -2.19. The Hall–Kier alpha value is -1.73. The molecule has 1 aliphatic rings. The van der Waals surface area contributed by atoms with Crippen molar-refractivity contribution in [2.24, 2.45) is 5.14 Å². The zero-order valence-corrected chi connectivity index (χ0v) is 12.7. The molecule has 0 spiro atoms. The summed E-state index contributed by atoms with van der Waals surface area (Å²) in [5.41, 5.74) is 2.46. The molecule has 1 heterocycles. The van der Waals surface area contributed by atoms with Gasteiger partial charge in [0.1, 0.15) is 5.82 Å². The fraction of sp³-hybridized carbons (Fsp3) is 0.429. The van der Waals surface area contributed by atoms with E-state index in [4.69, 9.17) is 5.14 Å². The molecule has 0 amide bonds. The molecule has 1 fully saturated rings. The number of sulfonamides is 1. The van der Waals surface area contributed by atoms with Crippen LogP contribution in [-0.2, 0) is 22.9 Å². The van der Waals surface area contributed by atoms with Crippen LogP contribution in [-0.4, -0.2) is 23.2 Å². The van der Waals surface area contributed by atoms with Gasteiger partial charge in [-0.15, -0.1) is 10.2 Å². The van der Waals surface area contributed by atoms with E-state index >= 15 is 0 Å². The molecule has 0 atom stereocenters. The van der Waals surface area contributed by atoms with Crippen LogP contribution in [0.4, 0.5) is 0 Å². The van der Waals surface area contributed by atoms with Gasteiger partial charge in [-0.05, 0) is 37.3 Å². The van der Waals surface area contributed by atoms with Gasteiger partial charge in [-0.1, -0.05) is 24.3 Å². The van der Waals surface area contributed by atoms with Crippen molar-refractivity contribution in [2.75, 3.05) is 0 Å². The maximum absolute atomic E-state index is 11.6. The summed E-state index contributed by atoms with van der Waals surface area (Å²) in [6.45, 7) is 2.07. The Labute approximate surface area is 124 Å². The first-order valence-corrected chi connectivity index (χ1v) is 8.52. The molecule has 0 radical (unpaired) electrons. The molecule has 2 aromatic rings. The molecule has 1 saturated carbocycles.